The van der Waals surface area contributed by atoms with E-state index in [1.807, 2.05) is 0 Å². The van der Waals surface area contributed by atoms with Crippen LogP contribution < -0.4 is 5.32 Å². The predicted octanol–water partition coefficient (Wildman–Crippen LogP) is 5.69. The highest BCUT2D eigenvalue weighted by atomic mass is 32.2. The molecule has 1 amide bonds. The maximum absolute atomic E-state index is 13.3. The van der Waals surface area contributed by atoms with Gasteiger partial charge in [-0.25, -0.2) is 8.42 Å². The van der Waals surface area contributed by atoms with Gasteiger partial charge >= 0.3 is 12.4 Å². The molecule has 0 fully saturated rings. The van der Waals surface area contributed by atoms with Crippen molar-refractivity contribution < 1.29 is 39.6 Å². The normalized spacial score (nSPS) is 12.6. The topological polar surface area (TPSA) is 68.2 Å². The van der Waals surface area contributed by atoms with Crippen molar-refractivity contribution in [1.82, 2.24) is 4.57 Å². The lowest BCUT2D eigenvalue weighted by Gasteiger charge is -2.15. The lowest BCUT2D eigenvalue weighted by molar-refractivity contribution is -0.143. The average molecular weight is 504 g/mol. The molecule has 1 heterocycles. The van der Waals surface area contributed by atoms with Crippen LogP contribution in [0.5, 0.6) is 0 Å². The number of carbonyl (C=O) groups excluding carboxylic acids is 1. The largest absolute Gasteiger partial charge is 0.416 e. The summed E-state index contributed by atoms with van der Waals surface area (Å²) in [7, 11) is -2.05. The summed E-state index contributed by atoms with van der Waals surface area (Å²) in [5.74, 6) is -0.672. The number of anilines is 1. The number of sulfone groups is 1. The van der Waals surface area contributed by atoms with Crippen molar-refractivity contribution in [2.45, 2.75) is 24.2 Å². The number of nitrogens with one attached hydrogen (secondary N) is 1. The van der Waals surface area contributed by atoms with Gasteiger partial charge in [0.2, 0.25) is 0 Å². The van der Waals surface area contributed by atoms with Crippen LogP contribution in [0.15, 0.2) is 53.6 Å². The number of rotatable bonds is 4. The van der Waals surface area contributed by atoms with E-state index in [4.69, 9.17) is 0 Å². The third-order valence-corrected chi connectivity index (χ3v) is 6.21. The second-order valence-electron chi connectivity index (χ2n) is 7.67. The van der Waals surface area contributed by atoms with E-state index in [0.29, 0.717) is 12.1 Å². The molecule has 0 aliphatic carbocycles. The first-order chi connectivity index (χ1) is 15.5. The van der Waals surface area contributed by atoms with Crippen LogP contribution >= 0.6 is 0 Å². The van der Waals surface area contributed by atoms with Gasteiger partial charge in [0.15, 0.2) is 9.84 Å². The molecule has 5 nitrogen and oxygen atoms in total. The van der Waals surface area contributed by atoms with Crippen LogP contribution in [0.1, 0.15) is 27.0 Å². The van der Waals surface area contributed by atoms with Crippen LogP contribution in [0.2, 0.25) is 0 Å². The van der Waals surface area contributed by atoms with Gasteiger partial charge in [-0.05, 0) is 60.5 Å². The number of amides is 1. The van der Waals surface area contributed by atoms with Crippen LogP contribution in [0.25, 0.3) is 11.3 Å². The van der Waals surface area contributed by atoms with Gasteiger partial charge in [-0.15, -0.1) is 0 Å². The third kappa shape index (κ3) is 5.27. The molecule has 0 aliphatic rings. The molecule has 0 atom stereocenters. The number of nitrogens with zero attached hydrogens (tertiary/aromatic N) is 1. The first-order valence-corrected chi connectivity index (χ1v) is 11.4. The van der Waals surface area contributed by atoms with Crippen LogP contribution in [0.4, 0.5) is 32.0 Å². The maximum Gasteiger partial charge on any atom is 0.416 e. The molecule has 1 N–H and O–H groups in total. The number of aromatic nitrogens is 1. The predicted molar refractivity (Wildman–Crippen MR) is 113 cm³/mol. The number of benzene rings is 2. The van der Waals surface area contributed by atoms with Crippen molar-refractivity contribution in [3.63, 3.8) is 0 Å². The van der Waals surface area contributed by atoms with E-state index in [0.717, 1.165) is 6.26 Å². The Morgan fingerprint density at radius 3 is 1.85 bits per heavy atom. The zero-order valence-corrected chi connectivity index (χ0v) is 18.8. The number of alkyl halides is 6. The molecule has 3 aromatic rings. The first-order valence-electron chi connectivity index (χ1n) is 9.55. The Hall–Kier alpha value is -3.28. The standard InChI is InChI=1S/C22H18F6N2O3S/c1-12-18(20(31)29-16-4-6-17(7-5-16)34(3,32)33)11-30(2)19(12)13-8-14(21(23,24)25)10-15(9-13)22(26,27)28/h4-11H,1-3H3,(H,29,31). The Morgan fingerprint density at radius 2 is 1.41 bits per heavy atom. The summed E-state index contributed by atoms with van der Waals surface area (Å²) in [6.07, 6.45) is -7.70. The van der Waals surface area contributed by atoms with Crippen LogP contribution in [0.3, 0.4) is 0 Å². The molecule has 0 radical (unpaired) electrons. The minimum Gasteiger partial charge on any atom is -0.350 e. The summed E-state index contributed by atoms with van der Waals surface area (Å²) >= 11 is 0. The van der Waals surface area contributed by atoms with Gasteiger partial charge < -0.3 is 9.88 Å². The number of aryl methyl sites for hydroxylation is 1. The second kappa shape index (κ2) is 8.49. The smallest absolute Gasteiger partial charge is 0.350 e. The highest BCUT2D eigenvalue weighted by Crippen LogP contribution is 2.39. The molecular weight excluding hydrogens is 486 g/mol. The van der Waals surface area contributed by atoms with E-state index < -0.39 is 39.2 Å². The maximum atomic E-state index is 13.3. The molecule has 0 unspecified atom stereocenters. The summed E-state index contributed by atoms with van der Waals surface area (Å²) < 4.78 is 104. The van der Waals surface area contributed by atoms with E-state index in [1.54, 1.807) is 0 Å². The minimum absolute atomic E-state index is 0.00849. The van der Waals surface area contributed by atoms with Crippen molar-refractivity contribution in [1.29, 1.82) is 0 Å². The van der Waals surface area contributed by atoms with Crippen LogP contribution in [0, 0.1) is 6.92 Å². The van der Waals surface area contributed by atoms with Crippen molar-refractivity contribution in [2.75, 3.05) is 11.6 Å². The molecular formula is C22H18F6N2O3S. The van der Waals surface area contributed by atoms with E-state index >= 15 is 0 Å². The molecule has 2 aromatic carbocycles. The zero-order valence-electron chi connectivity index (χ0n) is 18.0. The average Bonchev–Trinajstić information content (AvgIpc) is 3.00. The van der Waals surface area contributed by atoms with E-state index in [-0.39, 0.29) is 39.0 Å². The molecule has 34 heavy (non-hydrogen) atoms. The van der Waals surface area contributed by atoms with Gasteiger partial charge in [0.1, 0.15) is 0 Å². The summed E-state index contributed by atoms with van der Waals surface area (Å²) in [6, 6.07) is 6.53. The van der Waals surface area contributed by atoms with Crippen molar-refractivity contribution >= 4 is 21.4 Å². The third-order valence-electron chi connectivity index (χ3n) is 5.08. The fraction of sp³-hybridized carbons (Fsp3) is 0.227. The molecule has 0 bridgehead atoms. The number of halogens is 6. The lowest BCUT2D eigenvalue weighted by atomic mass is 9.99. The Morgan fingerprint density at radius 1 is 0.912 bits per heavy atom. The highest BCUT2D eigenvalue weighted by Gasteiger charge is 2.37. The van der Waals surface area contributed by atoms with Gasteiger partial charge in [0.25, 0.3) is 5.91 Å². The van der Waals surface area contributed by atoms with E-state index in [9.17, 15) is 39.6 Å². The molecule has 182 valence electrons. The fourth-order valence-electron chi connectivity index (χ4n) is 3.47. The zero-order chi connectivity index (χ0) is 25.6. The Bertz CT molecular complexity index is 1320. The summed E-state index contributed by atoms with van der Waals surface area (Å²) in [6.45, 7) is 1.41. The molecule has 12 heteroatoms. The van der Waals surface area contributed by atoms with Gasteiger partial charge in [-0.1, -0.05) is 0 Å². The summed E-state index contributed by atoms with van der Waals surface area (Å²) in [4.78, 5) is 12.8. The van der Waals surface area contributed by atoms with Gasteiger partial charge in [0.05, 0.1) is 27.3 Å². The fourth-order valence-corrected chi connectivity index (χ4v) is 4.10. The van der Waals surface area contributed by atoms with Crippen molar-refractivity contribution in [3.8, 4) is 11.3 Å². The number of hydrogen-bond acceptors (Lipinski definition) is 3. The van der Waals surface area contributed by atoms with Crippen molar-refractivity contribution in [3.05, 3.63) is 70.9 Å². The highest BCUT2D eigenvalue weighted by molar-refractivity contribution is 7.90. The van der Waals surface area contributed by atoms with Gasteiger partial charge in [0, 0.05) is 25.2 Å². The van der Waals surface area contributed by atoms with E-state index in [1.165, 1.54) is 49.0 Å². The molecule has 0 spiro atoms. The van der Waals surface area contributed by atoms with Crippen LogP contribution in [-0.4, -0.2) is 25.1 Å². The Labute approximate surface area is 190 Å². The van der Waals surface area contributed by atoms with Gasteiger partial charge in [-0.2, -0.15) is 26.3 Å². The monoisotopic (exact) mass is 504 g/mol. The molecule has 0 saturated heterocycles. The molecule has 0 saturated carbocycles. The first kappa shape index (κ1) is 25.3. The molecule has 3 rings (SSSR count). The Kier molecular flexibility index (Phi) is 6.33. The quantitative estimate of drug-likeness (QED) is 0.464. The SMILES string of the molecule is Cc1c(C(=O)Nc2ccc(S(C)(=O)=O)cc2)cn(C)c1-c1cc(C(F)(F)F)cc(C(F)(F)F)c1. The summed E-state index contributed by atoms with van der Waals surface area (Å²) in [5.41, 5.74) is -2.82. The molecule has 0 aliphatic heterocycles. The van der Waals surface area contributed by atoms with Gasteiger partial charge in [-0.3, -0.25) is 4.79 Å². The summed E-state index contributed by atoms with van der Waals surface area (Å²) in [5, 5.41) is 2.53. The molecule has 1 aromatic heterocycles. The number of hydrogen-bond donors (Lipinski definition) is 1. The second-order valence-corrected chi connectivity index (χ2v) is 9.69. The Balaban J connectivity index is 2.02. The minimum atomic E-state index is -5.01. The van der Waals surface area contributed by atoms with Crippen molar-refractivity contribution in [2.24, 2.45) is 7.05 Å². The number of carbonyl (C=O) groups is 1. The van der Waals surface area contributed by atoms with E-state index in [2.05, 4.69) is 5.32 Å². The lowest BCUT2D eigenvalue weighted by Crippen LogP contribution is -2.12. The van der Waals surface area contributed by atoms with Crippen LogP contribution in [-0.2, 0) is 29.2 Å².